The lowest BCUT2D eigenvalue weighted by Crippen LogP contribution is -2.12. The first-order valence-corrected chi connectivity index (χ1v) is 3.99. The Morgan fingerprint density at radius 3 is 3.07 bits per heavy atom. The van der Waals surface area contributed by atoms with Crippen LogP contribution in [-0.4, -0.2) is 21.1 Å². The van der Waals surface area contributed by atoms with Gasteiger partial charge in [0.1, 0.15) is 5.69 Å². The molecular formula is C9H7N4O. The van der Waals surface area contributed by atoms with Crippen molar-refractivity contribution in [3.63, 3.8) is 0 Å². The molecule has 0 aliphatic heterocycles. The molecule has 0 saturated carbocycles. The molecule has 2 heterocycles. The van der Waals surface area contributed by atoms with E-state index in [9.17, 15) is 4.79 Å². The van der Waals surface area contributed by atoms with Gasteiger partial charge >= 0.3 is 0 Å². The van der Waals surface area contributed by atoms with Crippen LogP contribution in [-0.2, 0) is 0 Å². The summed E-state index contributed by atoms with van der Waals surface area (Å²) in [6.45, 7) is 0. The average molecular weight is 187 g/mol. The molecule has 5 heteroatoms. The molecule has 1 amide bonds. The van der Waals surface area contributed by atoms with Gasteiger partial charge in [0, 0.05) is 6.20 Å². The van der Waals surface area contributed by atoms with Crippen molar-refractivity contribution in [2.75, 3.05) is 5.32 Å². The molecule has 0 aliphatic rings. The minimum atomic E-state index is -0.265. The Kier molecular flexibility index (Phi) is 2.22. The van der Waals surface area contributed by atoms with Crippen LogP contribution < -0.4 is 5.32 Å². The van der Waals surface area contributed by atoms with Gasteiger partial charge in [0.05, 0.1) is 18.1 Å². The second-order valence-electron chi connectivity index (χ2n) is 2.59. The SMILES string of the molecule is O=C(Nc1cc[c]nc1)c1cc[nH]n1. The van der Waals surface area contributed by atoms with E-state index in [2.05, 4.69) is 26.7 Å². The molecule has 0 fully saturated rings. The lowest BCUT2D eigenvalue weighted by molar-refractivity contribution is 0.102. The van der Waals surface area contributed by atoms with Crippen LogP contribution in [0.15, 0.2) is 30.6 Å². The summed E-state index contributed by atoms with van der Waals surface area (Å²) in [7, 11) is 0. The predicted molar refractivity (Wildman–Crippen MR) is 49.6 cm³/mol. The van der Waals surface area contributed by atoms with E-state index in [1.165, 1.54) is 6.20 Å². The summed E-state index contributed by atoms with van der Waals surface area (Å²) in [6.07, 6.45) is 5.73. The first-order valence-electron chi connectivity index (χ1n) is 3.99. The number of aromatic amines is 1. The van der Waals surface area contributed by atoms with Crippen LogP contribution in [0.3, 0.4) is 0 Å². The Morgan fingerprint density at radius 1 is 1.50 bits per heavy atom. The molecule has 2 N–H and O–H groups in total. The summed E-state index contributed by atoms with van der Waals surface area (Å²) < 4.78 is 0. The minimum Gasteiger partial charge on any atom is -0.319 e. The monoisotopic (exact) mass is 187 g/mol. The van der Waals surface area contributed by atoms with Crippen molar-refractivity contribution in [3.8, 4) is 0 Å². The number of rotatable bonds is 2. The molecule has 1 radical (unpaired) electrons. The Balaban J connectivity index is 2.10. The fourth-order valence-electron chi connectivity index (χ4n) is 0.976. The number of nitrogens with one attached hydrogen (secondary N) is 2. The highest BCUT2D eigenvalue weighted by Crippen LogP contribution is 2.04. The van der Waals surface area contributed by atoms with Crippen LogP contribution in [0.25, 0.3) is 0 Å². The molecule has 2 aromatic rings. The number of H-pyrrole nitrogens is 1. The first-order chi connectivity index (χ1) is 6.86. The van der Waals surface area contributed by atoms with Crippen LogP contribution in [0.5, 0.6) is 0 Å². The fraction of sp³-hybridized carbons (Fsp3) is 0. The Bertz CT molecular complexity index is 410. The maximum absolute atomic E-state index is 11.4. The lowest BCUT2D eigenvalue weighted by atomic mass is 10.3. The number of hydrogen-bond acceptors (Lipinski definition) is 3. The third-order valence-corrected chi connectivity index (χ3v) is 1.61. The lowest BCUT2D eigenvalue weighted by Gasteiger charge is -2.00. The van der Waals surface area contributed by atoms with Gasteiger partial charge in [-0.3, -0.25) is 14.9 Å². The van der Waals surface area contributed by atoms with Gasteiger partial charge in [-0.25, -0.2) is 0 Å². The van der Waals surface area contributed by atoms with E-state index in [0.717, 1.165) is 0 Å². The number of anilines is 1. The second kappa shape index (κ2) is 3.69. The van der Waals surface area contributed by atoms with Gasteiger partial charge in [-0.2, -0.15) is 5.10 Å². The smallest absolute Gasteiger partial charge is 0.276 e. The number of carbonyl (C=O) groups is 1. The van der Waals surface area contributed by atoms with E-state index in [1.807, 2.05) is 0 Å². The highest BCUT2D eigenvalue weighted by atomic mass is 16.1. The number of carbonyl (C=O) groups excluding carboxylic acids is 1. The van der Waals surface area contributed by atoms with Gasteiger partial charge in [-0.05, 0) is 18.2 Å². The van der Waals surface area contributed by atoms with E-state index in [0.29, 0.717) is 11.4 Å². The third-order valence-electron chi connectivity index (χ3n) is 1.61. The zero-order valence-corrected chi connectivity index (χ0v) is 7.19. The van der Waals surface area contributed by atoms with Crippen molar-refractivity contribution < 1.29 is 4.79 Å². The molecule has 2 aromatic heterocycles. The normalized spacial score (nSPS) is 9.71. The average Bonchev–Trinajstić information content (AvgIpc) is 2.72. The molecule has 5 nitrogen and oxygen atoms in total. The molecule has 0 bridgehead atoms. The summed E-state index contributed by atoms with van der Waals surface area (Å²) in [5.74, 6) is -0.265. The van der Waals surface area contributed by atoms with E-state index < -0.39 is 0 Å². The van der Waals surface area contributed by atoms with Gasteiger partial charge in [0.2, 0.25) is 0 Å². The van der Waals surface area contributed by atoms with Crippen LogP contribution in [0.2, 0.25) is 0 Å². The van der Waals surface area contributed by atoms with E-state index in [-0.39, 0.29) is 5.91 Å². The molecule has 0 spiro atoms. The first kappa shape index (κ1) is 8.43. The molecule has 0 saturated heterocycles. The quantitative estimate of drug-likeness (QED) is 0.732. The highest BCUT2D eigenvalue weighted by Gasteiger charge is 2.06. The summed E-state index contributed by atoms with van der Waals surface area (Å²) in [5.41, 5.74) is 0.967. The summed E-state index contributed by atoms with van der Waals surface area (Å²) in [6, 6.07) is 4.93. The molecule has 0 aliphatic carbocycles. The van der Waals surface area contributed by atoms with E-state index in [4.69, 9.17) is 0 Å². The maximum Gasteiger partial charge on any atom is 0.276 e. The summed E-state index contributed by atoms with van der Waals surface area (Å²) in [4.78, 5) is 15.2. The Hall–Kier alpha value is -2.17. The molecule has 14 heavy (non-hydrogen) atoms. The fourth-order valence-corrected chi connectivity index (χ4v) is 0.976. The molecule has 0 unspecified atom stereocenters. The van der Waals surface area contributed by atoms with Crippen LogP contribution >= 0.6 is 0 Å². The van der Waals surface area contributed by atoms with Crippen LogP contribution in [0.1, 0.15) is 10.5 Å². The zero-order valence-electron chi connectivity index (χ0n) is 7.19. The number of nitrogens with zero attached hydrogens (tertiary/aromatic N) is 2. The molecule has 0 aromatic carbocycles. The molecule has 0 atom stereocenters. The Labute approximate surface area is 80.2 Å². The van der Waals surface area contributed by atoms with Crippen molar-refractivity contribution in [2.45, 2.75) is 0 Å². The van der Waals surface area contributed by atoms with Crippen molar-refractivity contribution in [2.24, 2.45) is 0 Å². The van der Waals surface area contributed by atoms with Crippen molar-refractivity contribution in [1.29, 1.82) is 0 Å². The Morgan fingerprint density at radius 2 is 2.43 bits per heavy atom. The predicted octanol–water partition coefficient (Wildman–Crippen LogP) is 0.857. The van der Waals surface area contributed by atoms with Gasteiger partial charge in [0.25, 0.3) is 5.91 Å². The number of aromatic nitrogens is 3. The summed E-state index contributed by atoms with van der Waals surface area (Å²) >= 11 is 0. The van der Waals surface area contributed by atoms with Crippen molar-refractivity contribution in [1.82, 2.24) is 15.2 Å². The summed E-state index contributed by atoms with van der Waals surface area (Å²) in [5, 5.41) is 8.95. The van der Waals surface area contributed by atoms with Crippen molar-refractivity contribution in [3.05, 3.63) is 42.5 Å². The van der Waals surface area contributed by atoms with E-state index >= 15 is 0 Å². The van der Waals surface area contributed by atoms with Crippen molar-refractivity contribution >= 4 is 11.6 Å². The number of amides is 1. The molecule has 69 valence electrons. The van der Waals surface area contributed by atoms with E-state index in [1.54, 1.807) is 24.4 Å². The topological polar surface area (TPSA) is 70.7 Å². The highest BCUT2D eigenvalue weighted by molar-refractivity contribution is 6.02. The van der Waals surface area contributed by atoms with Gasteiger partial charge in [-0.15, -0.1) is 0 Å². The van der Waals surface area contributed by atoms with Gasteiger partial charge < -0.3 is 5.32 Å². The van der Waals surface area contributed by atoms with Gasteiger partial charge in [0.15, 0.2) is 0 Å². The zero-order chi connectivity index (χ0) is 9.80. The molecular weight excluding hydrogens is 180 g/mol. The second-order valence-corrected chi connectivity index (χ2v) is 2.59. The third kappa shape index (κ3) is 1.77. The standard InChI is InChI=1S/C9H7N4O/c14-9(8-3-5-11-13-8)12-7-2-1-4-10-6-7/h1-3,5-6H,(H,11,13)(H,12,14). The number of hydrogen-bond donors (Lipinski definition) is 2. The maximum atomic E-state index is 11.4. The van der Waals surface area contributed by atoms with Crippen LogP contribution in [0, 0.1) is 6.20 Å². The van der Waals surface area contributed by atoms with Gasteiger partial charge in [-0.1, -0.05) is 0 Å². The van der Waals surface area contributed by atoms with Crippen LogP contribution in [0.4, 0.5) is 5.69 Å². The largest absolute Gasteiger partial charge is 0.319 e. The minimum absolute atomic E-state index is 0.265. The number of pyridine rings is 1. The molecule has 2 rings (SSSR count).